The van der Waals surface area contributed by atoms with Gasteiger partial charge in [0.25, 0.3) is 0 Å². The summed E-state index contributed by atoms with van der Waals surface area (Å²) in [4.78, 5) is 8.25. The van der Waals surface area contributed by atoms with Crippen LogP contribution in [0.3, 0.4) is 0 Å². The van der Waals surface area contributed by atoms with E-state index in [0.717, 1.165) is 28.0 Å². The molecular weight excluding hydrogens is 368 g/mol. The molecule has 0 aliphatic carbocycles. The lowest BCUT2D eigenvalue weighted by Crippen LogP contribution is -2.08. The van der Waals surface area contributed by atoms with E-state index < -0.39 is 0 Å². The van der Waals surface area contributed by atoms with Crippen LogP contribution in [0.25, 0.3) is 10.4 Å². The number of rotatable bonds is 6. The van der Waals surface area contributed by atoms with Crippen molar-refractivity contribution in [2.75, 3.05) is 0 Å². The summed E-state index contributed by atoms with van der Waals surface area (Å²) >= 11 is 0. The van der Waals surface area contributed by atoms with Crippen molar-refractivity contribution in [3.05, 3.63) is 148 Å². The highest BCUT2D eigenvalue weighted by atomic mass is 15.1. The van der Waals surface area contributed by atoms with Crippen LogP contribution in [0.5, 0.6) is 0 Å². The van der Waals surface area contributed by atoms with Gasteiger partial charge in [-0.05, 0) is 16.7 Å². The van der Waals surface area contributed by atoms with Gasteiger partial charge in [-0.15, -0.1) is 0 Å². The number of aliphatic imine (C=N–C) groups is 1. The van der Waals surface area contributed by atoms with Crippen molar-refractivity contribution in [1.82, 2.24) is 0 Å². The molecular formula is C26H20N4. The number of hydrogen-bond acceptors (Lipinski definition) is 2. The average molecular weight is 388 g/mol. The van der Waals surface area contributed by atoms with Crippen molar-refractivity contribution in [2.24, 2.45) is 10.1 Å². The van der Waals surface area contributed by atoms with Crippen molar-refractivity contribution in [2.45, 2.75) is 6.04 Å². The minimum Gasteiger partial charge on any atom is -0.271 e. The molecule has 30 heavy (non-hydrogen) atoms. The van der Waals surface area contributed by atoms with Gasteiger partial charge >= 0.3 is 0 Å². The molecule has 1 atom stereocenters. The molecule has 0 spiro atoms. The molecule has 0 saturated heterocycles. The van der Waals surface area contributed by atoms with Crippen LogP contribution in [-0.2, 0) is 0 Å². The van der Waals surface area contributed by atoms with Crippen molar-refractivity contribution in [3.8, 4) is 0 Å². The van der Waals surface area contributed by atoms with Gasteiger partial charge in [-0.3, -0.25) is 4.99 Å². The Morgan fingerprint density at radius 3 is 1.70 bits per heavy atom. The second-order valence-electron chi connectivity index (χ2n) is 6.77. The summed E-state index contributed by atoms with van der Waals surface area (Å²) in [5.41, 5.74) is 14.5. The van der Waals surface area contributed by atoms with E-state index in [9.17, 15) is 0 Å². The number of hydrogen-bond donors (Lipinski definition) is 0. The molecule has 0 bridgehead atoms. The summed E-state index contributed by atoms with van der Waals surface area (Å²) in [6.07, 6.45) is 0. The van der Waals surface area contributed by atoms with Gasteiger partial charge in [0.05, 0.1) is 5.71 Å². The van der Waals surface area contributed by atoms with Crippen molar-refractivity contribution in [3.63, 3.8) is 0 Å². The monoisotopic (exact) mass is 388 g/mol. The van der Waals surface area contributed by atoms with Gasteiger partial charge in [-0.2, -0.15) is 0 Å². The summed E-state index contributed by atoms with van der Waals surface area (Å²) in [6, 6.07) is 37.7. The molecule has 4 aromatic carbocycles. The van der Waals surface area contributed by atoms with Crippen LogP contribution in [0.2, 0.25) is 0 Å². The van der Waals surface area contributed by atoms with Gasteiger partial charge in [-0.1, -0.05) is 120 Å². The van der Waals surface area contributed by atoms with E-state index in [-0.39, 0.29) is 6.04 Å². The first-order valence-corrected chi connectivity index (χ1v) is 9.74. The molecule has 4 aromatic rings. The van der Waals surface area contributed by atoms with Crippen LogP contribution in [0.4, 0.5) is 5.69 Å². The minimum atomic E-state index is -0.316. The molecule has 1 unspecified atom stereocenters. The maximum absolute atomic E-state index is 9.06. The largest absolute Gasteiger partial charge is 0.271 e. The smallest absolute Gasteiger partial charge is 0.101 e. The Kier molecular flexibility index (Phi) is 5.99. The number of azide groups is 1. The van der Waals surface area contributed by atoms with E-state index in [1.54, 1.807) is 0 Å². The lowest BCUT2D eigenvalue weighted by molar-refractivity contribution is 0.873. The maximum Gasteiger partial charge on any atom is 0.101 e. The molecule has 4 rings (SSSR count). The molecule has 0 radical (unpaired) electrons. The highest BCUT2D eigenvalue weighted by Crippen LogP contribution is 2.34. The average Bonchev–Trinajstić information content (AvgIpc) is 2.82. The third-order valence-electron chi connectivity index (χ3n) is 4.85. The fourth-order valence-corrected chi connectivity index (χ4v) is 3.45. The Hall–Kier alpha value is -4.14. The first-order chi connectivity index (χ1) is 14.9. The third kappa shape index (κ3) is 4.30. The van der Waals surface area contributed by atoms with Crippen LogP contribution in [0, 0.1) is 0 Å². The second kappa shape index (κ2) is 9.37. The molecule has 4 heteroatoms. The fraction of sp³-hybridized carbons (Fsp3) is 0.0385. The van der Waals surface area contributed by atoms with Crippen LogP contribution in [0.15, 0.2) is 125 Å². The highest BCUT2D eigenvalue weighted by Gasteiger charge is 2.18. The third-order valence-corrected chi connectivity index (χ3v) is 4.85. The van der Waals surface area contributed by atoms with Crippen LogP contribution < -0.4 is 0 Å². The van der Waals surface area contributed by atoms with E-state index in [2.05, 4.69) is 46.4 Å². The zero-order chi connectivity index (χ0) is 20.6. The Bertz CT molecular complexity index is 1140. The first kappa shape index (κ1) is 19.2. The molecule has 4 nitrogen and oxygen atoms in total. The van der Waals surface area contributed by atoms with Crippen LogP contribution >= 0.6 is 0 Å². The molecule has 0 heterocycles. The number of benzene rings is 4. The topological polar surface area (TPSA) is 61.1 Å². The van der Waals surface area contributed by atoms with E-state index in [1.807, 2.05) is 78.9 Å². The van der Waals surface area contributed by atoms with Crippen LogP contribution in [-0.4, -0.2) is 5.71 Å². The standard InChI is InChI=1S/C26H20N4/c27-30-29-24-19-11-10-18-23(24)26(22-16-8-3-9-17-22)28-25(20-12-4-1-5-13-20)21-14-6-2-7-15-21/h1-19,26H. The SMILES string of the molecule is [N-]=[N+]=Nc1ccccc1C(N=C(c1ccccc1)c1ccccc1)c1ccccc1. The summed E-state index contributed by atoms with van der Waals surface area (Å²) < 4.78 is 0. The lowest BCUT2D eigenvalue weighted by Gasteiger charge is -2.19. The number of nitrogens with zero attached hydrogens (tertiary/aromatic N) is 4. The Labute approximate surface area is 175 Å². The van der Waals surface area contributed by atoms with E-state index in [4.69, 9.17) is 10.5 Å². The molecule has 0 aromatic heterocycles. The highest BCUT2D eigenvalue weighted by molar-refractivity contribution is 6.13. The summed E-state index contributed by atoms with van der Waals surface area (Å²) in [6.45, 7) is 0. The Morgan fingerprint density at radius 2 is 1.13 bits per heavy atom. The lowest BCUT2D eigenvalue weighted by atomic mass is 9.96. The fourth-order valence-electron chi connectivity index (χ4n) is 3.45. The van der Waals surface area contributed by atoms with Gasteiger partial charge in [0.1, 0.15) is 6.04 Å². The molecule has 0 fully saturated rings. The van der Waals surface area contributed by atoms with Crippen molar-refractivity contribution >= 4 is 11.4 Å². The zero-order valence-corrected chi connectivity index (χ0v) is 16.3. The normalized spacial score (nSPS) is 11.2. The van der Waals surface area contributed by atoms with E-state index >= 15 is 0 Å². The summed E-state index contributed by atoms with van der Waals surface area (Å²) in [5, 5.41) is 3.92. The second-order valence-corrected chi connectivity index (χ2v) is 6.77. The summed E-state index contributed by atoms with van der Waals surface area (Å²) in [5.74, 6) is 0. The predicted molar refractivity (Wildman–Crippen MR) is 122 cm³/mol. The van der Waals surface area contributed by atoms with Gasteiger partial charge in [0.15, 0.2) is 0 Å². The zero-order valence-electron chi connectivity index (χ0n) is 16.3. The Morgan fingerprint density at radius 1 is 0.633 bits per heavy atom. The van der Waals surface area contributed by atoms with Gasteiger partial charge in [0, 0.05) is 21.7 Å². The quantitative estimate of drug-likeness (QED) is 0.144. The van der Waals surface area contributed by atoms with E-state index in [1.165, 1.54) is 0 Å². The van der Waals surface area contributed by atoms with Gasteiger partial charge in [0.2, 0.25) is 0 Å². The molecule has 0 N–H and O–H groups in total. The maximum atomic E-state index is 9.06. The Balaban J connectivity index is 1.96. The first-order valence-electron chi connectivity index (χ1n) is 9.74. The van der Waals surface area contributed by atoms with Gasteiger partial charge in [-0.25, -0.2) is 0 Å². The minimum absolute atomic E-state index is 0.316. The van der Waals surface area contributed by atoms with Crippen LogP contribution in [0.1, 0.15) is 28.3 Å². The van der Waals surface area contributed by atoms with Crippen molar-refractivity contribution < 1.29 is 0 Å². The van der Waals surface area contributed by atoms with E-state index in [0.29, 0.717) is 5.69 Å². The molecule has 0 amide bonds. The molecule has 144 valence electrons. The van der Waals surface area contributed by atoms with Gasteiger partial charge < -0.3 is 0 Å². The molecule has 0 saturated carbocycles. The molecule has 0 aliphatic heterocycles. The summed E-state index contributed by atoms with van der Waals surface area (Å²) in [7, 11) is 0. The van der Waals surface area contributed by atoms with Crippen molar-refractivity contribution in [1.29, 1.82) is 0 Å². The molecule has 0 aliphatic rings. The predicted octanol–water partition coefficient (Wildman–Crippen LogP) is 7.26.